The molecule has 0 spiro atoms. The highest BCUT2D eigenvalue weighted by molar-refractivity contribution is 6.30. The number of ether oxygens (including phenoxy) is 1. The van der Waals surface area contributed by atoms with E-state index in [9.17, 15) is 4.79 Å². The number of aryl methyl sites for hydroxylation is 1. The Bertz CT molecular complexity index is 799. The van der Waals surface area contributed by atoms with Crippen LogP contribution in [0.25, 0.3) is 0 Å². The Morgan fingerprint density at radius 3 is 2.93 bits per heavy atom. The molecule has 3 heterocycles. The maximum Gasteiger partial charge on any atom is 0.290 e. The number of nitrogens with zero attached hydrogens (tertiary/aromatic N) is 3. The van der Waals surface area contributed by atoms with Crippen LogP contribution in [0.1, 0.15) is 18.4 Å². The Balaban J connectivity index is 0.000000706. The molecule has 0 radical (unpaired) electrons. The third-order valence-corrected chi connectivity index (χ3v) is 5.06. The topological polar surface area (TPSA) is 96.7 Å². The number of rotatable bonds is 7. The Hall–Kier alpha value is -2.58. The molecule has 0 unspecified atom stereocenters. The predicted molar refractivity (Wildman–Crippen MR) is 103 cm³/mol. The van der Waals surface area contributed by atoms with E-state index in [1.165, 1.54) is 0 Å². The van der Waals surface area contributed by atoms with Gasteiger partial charge in [0.25, 0.3) is 6.47 Å². The van der Waals surface area contributed by atoms with E-state index in [1.54, 1.807) is 12.5 Å². The number of hydrogen-bond acceptors (Lipinski definition) is 5. The number of halogens is 1. The van der Waals surface area contributed by atoms with Gasteiger partial charge in [0.2, 0.25) is 5.91 Å². The SMILES string of the molecule is O=C1N[C@H]2C[C@@H]1N(Cc1cc(Cl)ccc1OCCCn1ccnc1)C2.O=CO. The lowest BCUT2D eigenvalue weighted by atomic mass is 10.1. The number of likely N-dealkylation sites (tertiary alicyclic amines) is 1. The van der Waals surface area contributed by atoms with Gasteiger partial charge in [-0.15, -0.1) is 0 Å². The normalized spacial score (nSPS) is 20.4. The number of fused-ring (bicyclic) bond motifs is 2. The van der Waals surface area contributed by atoms with E-state index in [2.05, 4.69) is 15.2 Å². The molecule has 2 fully saturated rings. The highest BCUT2D eigenvalue weighted by Crippen LogP contribution is 2.30. The van der Waals surface area contributed by atoms with E-state index in [1.807, 2.05) is 29.0 Å². The minimum atomic E-state index is -0.250. The quantitative estimate of drug-likeness (QED) is 0.537. The molecular weight excluding hydrogens is 384 g/mol. The average molecular weight is 407 g/mol. The van der Waals surface area contributed by atoms with E-state index in [-0.39, 0.29) is 24.5 Å². The zero-order chi connectivity index (χ0) is 19.9. The Labute approximate surface area is 168 Å². The lowest BCUT2D eigenvalue weighted by Gasteiger charge is -2.27. The van der Waals surface area contributed by atoms with Crippen molar-refractivity contribution in [1.29, 1.82) is 0 Å². The van der Waals surface area contributed by atoms with Crippen LogP contribution >= 0.6 is 11.6 Å². The minimum Gasteiger partial charge on any atom is -0.493 e. The number of aromatic nitrogens is 2. The summed E-state index contributed by atoms with van der Waals surface area (Å²) in [6, 6.07) is 5.98. The van der Waals surface area contributed by atoms with Crippen LogP contribution in [0.4, 0.5) is 0 Å². The summed E-state index contributed by atoms with van der Waals surface area (Å²) in [5.74, 6) is 0.985. The largest absolute Gasteiger partial charge is 0.493 e. The first kappa shape index (κ1) is 20.2. The number of benzene rings is 1. The summed E-state index contributed by atoms with van der Waals surface area (Å²) < 4.78 is 8.02. The van der Waals surface area contributed by atoms with Crippen molar-refractivity contribution in [2.45, 2.75) is 38.0 Å². The molecule has 2 atom stereocenters. The first-order valence-corrected chi connectivity index (χ1v) is 9.47. The van der Waals surface area contributed by atoms with Crippen molar-refractivity contribution in [3.8, 4) is 5.75 Å². The molecule has 2 N–H and O–H groups in total. The summed E-state index contributed by atoms with van der Waals surface area (Å²) >= 11 is 6.18. The summed E-state index contributed by atoms with van der Waals surface area (Å²) in [5.41, 5.74) is 1.04. The molecule has 4 rings (SSSR count). The summed E-state index contributed by atoms with van der Waals surface area (Å²) in [6.45, 7) is 2.83. The number of imidazole rings is 1. The maximum atomic E-state index is 11.9. The van der Waals surface area contributed by atoms with E-state index in [0.29, 0.717) is 18.2 Å². The van der Waals surface area contributed by atoms with Crippen LogP contribution in [-0.2, 0) is 22.7 Å². The number of amides is 1. The van der Waals surface area contributed by atoms with Gasteiger partial charge in [0.05, 0.1) is 19.0 Å². The molecular formula is C19H23ClN4O4. The Kier molecular flexibility index (Phi) is 6.89. The highest BCUT2D eigenvalue weighted by Gasteiger charge is 2.43. The molecule has 2 aliphatic rings. The molecule has 2 saturated heterocycles. The molecule has 8 nitrogen and oxygen atoms in total. The second kappa shape index (κ2) is 9.57. The van der Waals surface area contributed by atoms with Gasteiger partial charge in [-0.2, -0.15) is 0 Å². The van der Waals surface area contributed by atoms with Crippen molar-refractivity contribution < 1.29 is 19.4 Å². The monoisotopic (exact) mass is 406 g/mol. The van der Waals surface area contributed by atoms with Crippen LogP contribution in [0.15, 0.2) is 36.9 Å². The first-order valence-electron chi connectivity index (χ1n) is 9.10. The summed E-state index contributed by atoms with van der Waals surface area (Å²) in [5, 5.41) is 10.6. The van der Waals surface area contributed by atoms with Crippen molar-refractivity contribution >= 4 is 24.0 Å². The van der Waals surface area contributed by atoms with Gasteiger partial charge in [0, 0.05) is 48.7 Å². The zero-order valence-electron chi connectivity index (χ0n) is 15.3. The average Bonchev–Trinajstić information content (AvgIpc) is 3.38. The standard InChI is InChI=1S/C18H21ClN4O2.CH2O2/c19-14-2-3-17(25-7-1-5-22-6-4-20-12-22)13(8-14)10-23-11-15-9-16(23)18(24)21-15;2-1-3/h2-4,6,8,12,15-16H,1,5,7,9-11H2,(H,21,24);1H,(H,2,3)/t15-,16-;/m0./s1. The number of piperazine rings is 1. The fourth-order valence-electron chi connectivity index (χ4n) is 3.63. The van der Waals surface area contributed by atoms with Crippen LogP contribution in [0, 0.1) is 0 Å². The molecule has 1 amide bonds. The minimum absolute atomic E-state index is 0.0157. The lowest BCUT2D eigenvalue weighted by molar-refractivity contribution is -0.125. The molecule has 2 aliphatic heterocycles. The molecule has 9 heteroatoms. The number of carbonyl (C=O) groups excluding carboxylic acids is 1. The second-order valence-corrected chi connectivity index (χ2v) is 7.18. The predicted octanol–water partition coefficient (Wildman–Crippen LogP) is 1.78. The summed E-state index contributed by atoms with van der Waals surface area (Å²) in [4.78, 5) is 26.5. The summed E-state index contributed by atoms with van der Waals surface area (Å²) in [7, 11) is 0. The Morgan fingerprint density at radius 1 is 1.43 bits per heavy atom. The molecule has 1 aromatic heterocycles. The molecule has 0 aliphatic carbocycles. The molecule has 2 bridgehead atoms. The lowest BCUT2D eigenvalue weighted by Crippen LogP contribution is -2.47. The van der Waals surface area contributed by atoms with E-state index >= 15 is 0 Å². The molecule has 1 aromatic carbocycles. The van der Waals surface area contributed by atoms with E-state index < -0.39 is 0 Å². The van der Waals surface area contributed by atoms with Crippen LogP contribution in [0.3, 0.4) is 0 Å². The Morgan fingerprint density at radius 2 is 2.25 bits per heavy atom. The summed E-state index contributed by atoms with van der Waals surface area (Å²) in [6.07, 6.45) is 7.33. The smallest absolute Gasteiger partial charge is 0.290 e. The number of carboxylic acid groups (broad SMARTS) is 1. The van der Waals surface area contributed by atoms with E-state index in [4.69, 9.17) is 26.2 Å². The van der Waals surface area contributed by atoms with Crippen molar-refractivity contribution in [3.05, 3.63) is 47.5 Å². The van der Waals surface area contributed by atoms with Crippen molar-refractivity contribution in [2.75, 3.05) is 13.2 Å². The van der Waals surface area contributed by atoms with Gasteiger partial charge in [-0.3, -0.25) is 14.5 Å². The molecule has 28 heavy (non-hydrogen) atoms. The third kappa shape index (κ3) is 5.02. The maximum absolute atomic E-state index is 11.9. The number of nitrogens with one attached hydrogen (secondary N) is 1. The molecule has 2 aromatic rings. The fourth-order valence-corrected chi connectivity index (χ4v) is 3.83. The van der Waals surface area contributed by atoms with E-state index in [0.717, 1.165) is 37.2 Å². The van der Waals surface area contributed by atoms with Gasteiger partial charge < -0.3 is 19.7 Å². The van der Waals surface area contributed by atoms with Gasteiger partial charge in [0.1, 0.15) is 5.75 Å². The van der Waals surface area contributed by atoms with Gasteiger partial charge >= 0.3 is 0 Å². The zero-order valence-corrected chi connectivity index (χ0v) is 16.1. The van der Waals surface area contributed by atoms with Crippen LogP contribution in [0.5, 0.6) is 5.75 Å². The van der Waals surface area contributed by atoms with Crippen LogP contribution in [-0.4, -0.2) is 57.2 Å². The van der Waals surface area contributed by atoms with Gasteiger partial charge in [0.15, 0.2) is 0 Å². The highest BCUT2D eigenvalue weighted by atomic mass is 35.5. The number of hydrogen-bond donors (Lipinski definition) is 2. The van der Waals surface area contributed by atoms with Crippen LogP contribution in [0.2, 0.25) is 5.02 Å². The third-order valence-electron chi connectivity index (χ3n) is 4.83. The van der Waals surface area contributed by atoms with Crippen molar-refractivity contribution in [3.63, 3.8) is 0 Å². The molecule has 150 valence electrons. The molecule has 0 saturated carbocycles. The van der Waals surface area contributed by atoms with Gasteiger partial charge in [-0.1, -0.05) is 11.6 Å². The van der Waals surface area contributed by atoms with Crippen molar-refractivity contribution in [1.82, 2.24) is 19.8 Å². The van der Waals surface area contributed by atoms with Crippen molar-refractivity contribution in [2.24, 2.45) is 0 Å². The van der Waals surface area contributed by atoms with Gasteiger partial charge in [-0.05, 0) is 31.0 Å². The fraction of sp³-hybridized carbons (Fsp3) is 0.421. The second-order valence-electron chi connectivity index (χ2n) is 6.75. The van der Waals surface area contributed by atoms with Crippen LogP contribution < -0.4 is 10.1 Å². The first-order chi connectivity index (χ1) is 13.6. The number of carbonyl (C=O) groups is 2. The van der Waals surface area contributed by atoms with Gasteiger partial charge in [-0.25, -0.2) is 4.98 Å².